The van der Waals surface area contributed by atoms with E-state index < -0.39 is 4.33 Å². The van der Waals surface area contributed by atoms with Gasteiger partial charge >= 0.3 is 0 Å². The third-order valence-corrected chi connectivity index (χ3v) is 4.40. The Hall–Kier alpha value is -1.16. The number of rotatable bonds is 2. The van der Waals surface area contributed by atoms with E-state index in [0.717, 1.165) is 11.1 Å². The van der Waals surface area contributed by atoms with Crippen molar-refractivity contribution in [1.82, 2.24) is 0 Å². The van der Waals surface area contributed by atoms with Crippen molar-refractivity contribution >= 4 is 23.2 Å². The third-order valence-electron chi connectivity index (χ3n) is 3.78. The predicted octanol–water partition coefficient (Wildman–Crippen LogP) is 5.73. The highest BCUT2D eigenvalue weighted by molar-refractivity contribution is 6.48. The van der Waals surface area contributed by atoms with Crippen LogP contribution in [0.1, 0.15) is 36.2 Å². The summed E-state index contributed by atoms with van der Waals surface area (Å²) >= 11 is 12.7. The Morgan fingerprint density at radius 3 is 1.50 bits per heavy atom. The number of benzene rings is 2. The topological polar surface area (TPSA) is 9.23 Å². The molecule has 1 nitrogen and oxygen atoms in total. The first kappa shape index (κ1) is 15.7. The second kappa shape index (κ2) is 6.15. The van der Waals surface area contributed by atoms with Gasteiger partial charge in [0.1, 0.15) is 16.0 Å². The first-order valence-corrected chi connectivity index (χ1v) is 7.73. The average Bonchev–Trinajstić information content (AvgIpc) is 2.47. The van der Waals surface area contributed by atoms with Crippen LogP contribution in [0.2, 0.25) is 0 Å². The number of hydrogen-bond donors (Lipinski definition) is 0. The van der Waals surface area contributed by atoms with Gasteiger partial charge < -0.3 is 4.74 Å². The largest absolute Gasteiger partial charge is 0.365 e. The summed E-state index contributed by atoms with van der Waals surface area (Å²) in [6.07, 6.45) is 0.164. The smallest absolute Gasteiger partial charge is 0.123 e. The maximum atomic E-state index is 13.1. The molecule has 1 saturated heterocycles. The number of hydrogen-bond acceptors (Lipinski definition) is 1. The van der Waals surface area contributed by atoms with Crippen LogP contribution in [0.3, 0.4) is 0 Å². The number of ether oxygens (including phenoxy) is 1. The van der Waals surface area contributed by atoms with Gasteiger partial charge in [-0.25, -0.2) is 8.78 Å². The Labute approximate surface area is 137 Å². The Bertz CT molecular complexity index is 585. The van der Waals surface area contributed by atoms with Crippen molar-refractivity contribution < 1.29 is 13.5 Å². The van der Waals surface area contributed by atoms with Gasteiger partial charge in [0, 0.05) is 12.8 Å². The van der Waals surface area contributed by atoms with Crippen molar-refractivity contribution in [3.8, 4) is 0 Å². The summed E-state index contributed by atoms with van der Waals surface area (Å²) in [5.74, 6) is -0.615. The highest BCUT2D eigenvalue weighted by Crippen LogP contribution is 2.48. The van der Waals surface area contributed by atoms with Gasteiger partial charge in [0.05, 0.1) is 12.2 Å². The van der Waals surface area contributed by atoms with E-state index in [-0.39, 0.29) is 23.8 Å². The van der Waals surface area contributed by atoms with E-state index in [1.807, 2.05) is 0 Å². The molecule has 3 rings (SSSR count). The SMILES string of the molecule is Fc1ccc([C@@H]2CC(Cl)(Cl)C[C@H](c3ccc(F)cc3)O2)cc1. The molecular weight excluding hydrogens is 329 g/mol. The van der Waals surface area contributed by atoms with Crippen LogP contribution in [0.5, 0.6) is 0 Å². The zero-order chi connectivity index (χ0) is 15.7. The van der Waals surface area contributed by atoms with Gasteiger partial charge in [0.25, 0.3) is 0 Å². The standard InChI is InChI=1S/C17H14Cl2F2O/c18-17(19)9-15(11-1-5-13(20)6-2-11)22-16(10-17)12-3-7-14(21)8-4-12/h1-8,15-16H,9-10H2/t15-,16+. The van der Waals surface area contributed by atoms with E-state index in [9.17, 15) is 8.78 Å². The normalized spacial score (nSPS) is 24.2. The molecule has 0 spiro atoms. The summed E-state index contributed by atoms with van der Waals surface area (Å²) in [5.41, 5.74) is 1.64. The van der Waals surface area contributed by atoms with Crippen molar-refractivity contribution in [3.05, 3.63) is 71.3 Å². The van der Waals surface area contributed by atoms with Gasteiger partial charge in [0.15, 0.2) is 0 Å². The molecule has 0 saturated carbocycles. The first-order chi connectivity index (χ1) is 10.4. The van der Waals surface area contributed by atoms with Crippen LogP contribution in [0.4, 0.5) is 8.78 Å². The summed E-state index contributed by atoms with van der Waals surface area (Å²) < 4.78 is 31.2. The van der Waals surface area contributed by atoms with Gasteiger partial charge in [-0.05, 0) is 35.4 Å². The zero-order valence-corrected chi connectivity index (χ0v) is 13.1. The molecular formula is C17H14Cl2F2O. The predicted molar refractivity (Wildman–Crippen MR) is 83.0 cm³/mol. The molecule has 0 radical (unpaired) electrons. The van der Waals surface area contributed by atoms with Crippen molar-refractivity contribution in [3.63, 3.8) is 0 Å². The van der Waals surface area contributed by atoms with Crippen molar-refractivity contribution in [2.24, 2.45) is 0 Å². The second-order valence-corrected chi connectivity index (χ2v) is 7.12. The van der Waals surface area contributed by atoms with Gasteiger partial charge in [-0.1, -0.05) is 24.3 Å². The molecule has 1 heterocycles. The van der Waals surface area contributed by atoms with Gasteiger partial charge in [0.2, 0.25) is 0 Å². The molecule has 0 aliphatic carbocycles. The van der Waals surface area contributed by atoms with Crippen LogP contribution in [-0.2, 0) is 4.74 Å². The molecule has 0 amide bonds. The summed E-state index contributed by atoms with van der Waals surface area (Å²) in [7, 11) is 0. The number of halogens is 4. The quantitative estimate of drug-likeness (QED) is 0.633. The molecule has 1 fully saturated rings. The molecule has 2 aromatic rings. The fourth-order valence-electron chi connectivity index (χ4n) is 2.67. The monoisotopic (exact) mass is 342 g/mol. The molecule has 2 atom stereocenters. The van der Waals surface area contributed by atoms with Gasteiger partial charge in [-0.2, -0.15) is 0 Å². The second-order valence-electron chi connectivity index (χ2n) is 5.48. The van der Waals surface area contributed by atoms with Gasteiger partial charge in [-0.3, -0.25) is 0 Å². The van der Waals surface area contributed by atoms with E-state index >= 15 is 0 Å². The lowest BCUT2D eigenvalue weighted by molar-refractivity contribution is -0.0571. The average molecular weight is 343 g/mol. The lowest BCUT2D eigenvalue weighted by atomic mass is 9.94. The van der Waals surface area contributed by atoms with E-state index in [1.54, 1.807) is 24.3 Å². The molecule has 1 aliphatic rings. The molecule has 116 valence electrons. The van der Waals surface area contributed by atoms with E-state index in [1.165, 1.54) is 24.3 Å². The molecule has 0 unspecified atom stereocenters. The summed E-state index contributed by atoms with van der Waals surface area (Å²) in [4.78, 5) is 0. The van der Waals surface area contributed by atoms with Crippen LogP contribution in [0.15, 0.2) is 48.5 Å². The molecule has 5 heteroatoms. The Kier molecular flexibility index (Phi) is 4.40. The van der Waals surface area contributed by atoms with Crippen molar-refractivity contribution in [2.75, 3.05) is 0 Å². The summed E-state index contributed by atoms with van der Waals surface area (Å²) in [6.45, 7) is 0. The van der Waals surface area contributed by atoms with Crippen LogP contribution >= 0.6 is 23.2 Å². The maximum absolute atomic E-state index is 13.1. The van der Waals surface area contributed by atoms with Crippen LogP contribution in [0, 0.1) is 11.6 Å². The van der Waals surface area contributed by atoms with Crippen molar-refractivity contribution in [2.45, 2.75) is 29.4 Å². The minimum Gasteiger partial charge on any atom is -0.365 e. The van der Waals surface area contributed by atoms with E-state index in [2.05, 4.69) is 0 Å². The highest BCUT2D eigenvalue weighted by Gasteiger charge is 2.39. The first-order valence-electron chi connectivity index (χ1n) is 6.97. The summed E-state index contributed by atoms with van der Waals surface area (Å²) in [6, 6.07) is 12.2. The van der Waals surface area contributed by atoms with Crippen LogP contribution in [-0.4, -0.2) is 4.33 Å². The minimum atomic E-state index is -0.948. The maximum Gasteiger partial charge on any atom is 0.123 e. The van der Waals surface area contributed by atoms with E-state index in [0.29, 0.717) is 12.8 Å². The Morgan fingerprint density at radius 1 is 0.773 bits per heavy atom. The van der Waals surface area contributed by atoms with Gasteiger partial charge in [-0.15, -0.1) is 23.2 Å². The molecule has 1 aliphatic heterocycles. The lowest BCUT2D eigenvalue weighted by Crippen LogP contribution is -2.30. The Morgan fingerprint density at radius 2 is 1.14 bits per heavy atom. The van der Waals surface area contributed by atoms with Crippen LogP contribution in [0.25, 0.3) is 0 Å². The third kappa shape index (κ3) is 3.60. The zero-order valence-electron chi connectivity index (χ0n) is 11.6. The number of alkyl halides is 2. The summed E-state index contributed by atoms with van der Waals surface area (Å²) in [5, 5.41) is 0. The lowest BCUT2D eigenvalue weighted by Gasteiger charge is -2.37. The molecule has 2 aromatic carbocycles. The van der Waals surface area contributed by atoms with Crippen molar-refractivity contribution in [1.29, 1.82) is 0 Å². The fourth-order valence-corrected chi connectivity index (χ4v) is 3.23. The minimum absolute atomic E-state index is 0.308. The molecule has 0 N–H and O–H groups in total. The Balaban J connectivity index is 1.86. The fraction of sp³-hybridized carbons (Fsp3) is 0.294. The van der Waals surface area contributed by atoms with E-state index in [4.69, 9.17) is 27.9 Å². The molecule has 0 bridgehead atoms. The molecule has 22 heavy (non-hydrogen) atoms. The highest BCUT2D eigenvalue weighted by atomic mass is 35.5. The molecule has 0 aromatic heterocycles. The van der Waals surface area contributed by atoms with Crippen LogP contribution < -0.4 is 0 Å².